The Morgan fingerprint density at radius 2 is 2.14 bits per heavy atom. The third-order valence-electron chi connectivity index (χ3n) is 2.50. The molecule has 110 valence electrons. The van der Waals surface area contributed by atoms with Gasteiger partial charge in [-0.1, -0.05) is 17.7 Å². The van der Waals surface area contributed by atoms with Crippen molar-refractivity contribution in [1.82, 2.24) is 20.5 Å². The van der Waals surface area contributed by atoms with Crippen molar-refractivity contribution in [2.75, 3.05) is 0 Å². The third-order valence-corrected chi connectivity index (χ3v) is 2.70. The van der Waals surface area contributed by atoms with Crippen molar-refractivity contribution in [3.63, 3.8) is 0 Å². The van der Waals surface area contributed by atoms with Gasteiger partial charge >= 0.3 is 0 Å². The summed E-state index contributed by atoms with van der Waals surface area (Å²) >= 11 is 5.63. The van der Waals surface area contributed by atoms with Crippen LogP contribution in [-0.4, -0.2) is 27.2 Å². The zero-order chi connectivity index (χ0) is 15.2. The highest BCUT2D eigenvalue weighted by molar-refractivity contribution is 6.29. The molecule has 0 spiro atoms. The molecule has 0 fully saturated rings. The van der Waals surface area contributed by atoms with Crippen LogP contribution >= 0.6 is 11.6 Å². The Labute approximate surface area is 127 Å². The van der Waals surface area contributed by atoms with Crippen molar-refractivity contribution in [1.29, 1.82) is 0 Å². The van der Waals surface area contributed by atoms with E-state index >= 15 is 0 Å². The molecule has 0 saturated carbocycles. The van der Waals surface area contributed by atoms with Crippen molar-refractivity contribution in [2.45, 2.75) is 26.5 Å². The average molecular weight is 307 g/mol. The number of pyridine rings is 1. The monoisotopic (exact) mass is 306 g/mol. The van der Waals surface area contributed by atoms with E-state index in [0.29, 0.717) is 12.4 Å². The SMILES string of the molecule is CC(C)Oc1ncccc1CNC(=O)c1ccc(Cl)nn1. The molecule has 0 aliphatic carbocycles. The topological polar surface area (TPSA) is 77.0 Å². The van der Waals surface area contributed by atoms with Gasteiger partial charge in [-0.2, -0.15) is 0 Å². The molecule has 21 heavy (non-hydrogen) atoms. The first-order chi connectivity index (χ1) is 10.1. The second kappa shape index (κ2) is 6.99. The van der Waals surface area contributed by atoms with Crippen LogP contribution in [0.4, 0.5) is 0 Å². The van der Waals surface area contributed by atoms with Gasteiger partial charge in [0.15, 0.2) is 10.8 Å². The van der Waals surface area contributed by atoms with Crippen LogP contribution in [0.3, 0.4) is 0 Å². The standard InChI is InChI=1S/C14H15ClN4O2/c1-9(2)21-14-10(4-3-7-16-14)8-17-13(20)11-5-6-12(15)19-18-11/h3-7,9H,8H2,1-2H3,(H,17,20). The molecule has 0 atom stereocenters. The highest BCUT2D eigenvalue weighted by Gasteiger charge is 2.11. The Morgan fingerprint density at radius 3 is 2.81 bits per heavy atom. The van der Waals surface area contributed by atoms with E-state index in [9.17, 15) is 4.79 Å². The summed E-state index contributed by atoms with van der Waals surface area (Å²) in [6.07, 6.45) is 1.66. The molecule has 2 aromatic heterocycles. The van der Waals surface area contributed by atoms with Crippen LogP contribution in [0.25, 0.3) is 0 Å². The number of halogens is 1. The van der Waals surface area contributed by atoms with Crippen molar-refractivity contribution in [2.24, 2.45) is 0 Å². The predicted molar refractivity (Wildman–Crippen MR) is 78.2 cm³/mol. The van der Waals surface area contributed by atoms with Gasteiger partial charge in [-0.15, -0.1) is 10.2 Å². The number of carbonyl (C=O) groups is 1. The molecule has 1 amide bonds. The zero-order valence-corrected chi connectivity index (χ0v) is 12.5. The van der Waals surface area contributed by atoms with Gasteiger partial charge in [-0.3, -0.25) is 4.79 Å². The highest BCUT2D eigenvalue weighted by atomic mass is 35.5. The van der Waals surface area contributed by atoms with Gasteiger partial charge in [0.25, 0.3) is 5.91 Å². The summed E-state index contributed by atoms with van der Waals surface area (Å²) in [5, 5.41) is 10.3. The van der Waals surface area contributed by atoms with E-state index in [1.54, 1.807) is 12.3 Å². The van der Waals surface area contributed by atoms with Gasteiger partial charge in [-0.05, 0) is 32.0 Å². The van der Waals surface area contributed by atoms with Gasteiger partial charge in [-0.25, -0.2) is 4.98 Å². The number of rotatable bonds is 5. The fourth-order valence-corrected chi connectivity index (χ4v) is 1.69. The van der Waals surface area contributed by atoms with Crippen LogP contribution in [0.15, 0.2) is 30.5 Å². The molecule has 0 radical (unpaired) electrons. The normalized spacial score (nSPS) is 10.5. The molecular formula is C14H15ClN4O2. The first-order valence-electron chi connectivity index (χ1n) is 6.44. The van der Waals surface area contributed by atoms with Crippen LogP contribution < -0.4 is 10.1 Å². The van der Waals surface area contributed by atoms with Crippen molar-refractivity contribution >= 4 is 17.5 Å². The summed E-state index contributed by atoms with van der Waals surface area (Å²) in [5.74, 6) is 0.175. The first kappa shape index (κ1) is 15.2. The summed E-state index contributed by atoms with van der Waals surface area (Å²) in [5.41, 5.74) is 0.996. The molecule has 2 rings (SSSR count). The van der Waals surface area contributed by atoms with E-state index in [1.807, 2.05) is 19.9 Å². The number of aromatic nitrogens is 3. The minimum atomic E-state index is -0.335. The Balaban J connectivity index is 2.02. The zero-order valence-electron chi connectivity index (χ0n) is 11.7. The first-order valence-corrected chi connectivity index (χ1v) is 6.82. The highest BCUT2D eigenvalue weighted by Crippen LogP contribution is 2.15. The Bertz CT molecular complexity index is 617. The molecule has 0 aliphatic rings. The lowest BCUT2D eigenvalue weighted by Crippen LogP contribution is -2.24. The summed E-state index contributed by atoms with van der Waals surface area (Å²) in [4.78, 5) is 16.1. The van der Waals surface area contributed by atoms with Gasteiger partial charge < -0.3 is 10.1 Å². The smallest absolute Gasteiger partial charge is 0.272 e. The van der Waals surface area contributed by atoms with E-state index in [0.717, 1.165) is 5.56 Å². The number of carbonyl (C=O) groups excluding carboxylic acids is 1. The van der Waals surface area contributed by atoms with Crippen molar-refractivity contribution in [3.8, 4) is 5.88 Å². The summed E-state index contributed by atoms with van der Waals surface area (Å²) in [6.45, 7) is 4.12. The minimum absolute atomic E-state index is 0.0106. The number of amides is 1. The Kier molecular flexibility index (Phi) is 5.05. The maximum absolute atomic E-state index is 11.9. The molecule has 0 unspecified atom stereocenters. The number of hydrogen-bond donors (Lipinski definition) is 1. The van der Waals surface area contributed by atoms with E-state index in [1.165, 1.54) is 12.1 Å². The molecule has 2 heterocycles. The number of hydrogen-bond acceptors (Lipinski definition) is 5. The van der Waals surface area contributed by atoms with E-state index in [2.05, 4.69) is 20.5 Å². The van der Waals surface area contributed by atoms with Gasteiger partial charge in [0.05, 0.1) is 6.10 Å². The Hall–Kier alpha value is -2.21. The van der Waals surface area contributed by atoms with Gasteiger partial charge in [0.1, 0.15) is 0 Å². The number of ether oxygens (including phenoxy) is 1. The maximum atomic E-state index is 11.9. The van der Waals surface area contributed by atoms with E-state index < -0.39 is 0 Å². The molecule has 6 nitrogen and oxygen atoms in total. The lowest BCUT2D eigenvalue weighted by Gasteiger charge is -2.13. The summed E-state index contributed by atoms with van der Waals surface area (Å²) in [6, 6.07) is 6.66. The van der Waals surface area contributed by atoms with E-state index in [-0.39, 0.29) is 22.9 Å². The lowest BCUT2D eigenvalue weighted by atomic mass is 10.2. The van der Waals surface area contributed by atoms with Gasteiger partial charge in [0.2, 0.25) is 5.88 Å². The quantitative estimate of drug-likeness (QED) is 0.916. The summed E-state index contributed by atoms with van der Waals surface area (Å²) in [7, 11) is 0. The number of nitrogens with zero attached hydrogens (tertiary/aromatic N) is 3. The molecule has 0 saturated heterocycles. The average Bonchev–Trinajstić information content (AvgIpc) is 2.46. The molecule has 2 aromatic rings. The van der Waals surface area contributed by atoms with Gasteiger partial charge in [0, 0.05) is 18.3 Å². The molecule has 1 N–H and O–H groups in total. The van der Waals surface area contributed by atoms with Crippen LogP contribution in [0, 0.1) is 0 Å². The van der Waals surface area contributed by atoms with Crippen LogP contribution in [-0.2, 0) is 6.54 Å². The molecular weight excluding hydrogens is 292 g/mol. The fourth-order valence-electron chi connectivity index (χ4n) is 1.59. The maximum Gasteiger partial charge on any atom is 0.272 e. The van der Waals surface area contributed by atoms with Crippen LogP contribution in [0.5, 0.6) is 5.88 Å². The van der Waals surface area contributed by atoms with Crippen LogP contribution in [0.2, 0.25) is 5.15 Å². The molecule has 0 bridgehead atoms. The number of nitrogens with one attached hydrogen (secondary N) is 1. The molecule has 7 heteroatoms. The largest absolute Gasteiger partial charge is 0.475 e. The third kappa shape index (κ3) is 4.39. The summed E-state index contributed by atoms with van der Waals surface area (Å²) < 4.78 is 5.59. The molecule has 0 aliphatic heterocycles. The lowest BCUT2D eigenvalue weighted by molar-refractivity contribution is 0.0944. The molecule has 0 aromatic carbocycles. The minimum Gasteiger partial charge on any atom is -0.475 e. The van der Waals surface area contributed by atoms with Crippen molar-refractivity contribution < 1.29 is 9.53 Å². The van der Waals surface area contributed by atoms with Crippen molar-refractivity contribution in [3.05, 3.63) is 46.9 Å². The second-order valence-electron chi connectivity index (χ2n) is 4.56. The Morgan fingerprint density at radius 1 is 1.33 bits per heavy atom. The fraction of sp³-hybridized carbons (Fsp3) is 0.286. The van der Waals surface area contributed by atoms with E-state index in [4.69, 9.17) is 16.3 Å². The second-order valence-corrected chi connectivity index (χ2v) is 4.95. The predicted octanol–water partition coefficient (Wildman–Crippen LogP) is 2.24. The van der Waals surface area contributed by atoms with Crippen LogP contribution in [0.1, 0.15) is 29.9 Å².